The normalized spacial score (nSPS) is 10.0. The van der Waals surface area contributed by atoms with Crippen molar-refractivity contribution in [1.82, 2.24) is 0 Å². The highest BCUT2D eigenvalue weighted by atomic mass is 127. The van der Waals surface area contributed by atoms with E-state index in [0.717, 1.165) is 8.63 Å². The summed E-state index contributed by atoms with van der Waals surface area (Å²) in [7, 11) is 0. The topological polar surface area (TPSA) is 55.6 Å². The monoisotopic (exact) mass is 326 g/mol. The van der Waals surface area contributed by atoms with E-state index in [2.05, 4.69) is 27.5 Å². The fourth-order valence-corrected chi connectivity index (χ4v) is 2.04. The summed E-state index contributed by atoms with van der Waals surface area (Å²) in [6, 6.07) is 5.10. The maximum Gasteiger partial charge on any atom is 0.249 e. The number of nitrogens with two attached hydrogens (primary N) is 1. The van der Waals surface area contributed by atoms with E-state index < -0.39 is 0 Å². The Balaban J connectivity index is 3.10. The molecule has 0 heterocycles. The predicted octanol–water partition coefficient (Wildman–Crippen LogP) is 2.10. The van der Waals surface area contributed by atoms with Crippen molar-refractivity contribution in [3.63, 3.8) is 0 Å². The van der Waals surface area contributed by atoms with Crippen molar-refractivity contribution in [2.75, 3.05) is 5.06 Å². The van der Waals surface area contributed by atoms with Crippen molar-refractivity contribution in [2.45, 2.75) is 6.92 Å². The number of carbonyl (C=O) groups excluding carboxylic acids is 1. The van der Waals surface area contributed by atoms with Gasteiger partial charge in [0.15, 0.2) is 0 Å². The molecule has 0 radical (unpaired) electrons. The Hall–Kier alpha value is -0.370. The van der Waals surface area contributed by atoms with Crippen LogP contribution in [0.2, 0.25) is 5.02 Å². The van der Waals surface area contributed by atoms with E-state index in [1.165, 1.54) is 6.92 Å². The van der Waals surface area contributed by atoms with Gasteiger partial charge < -0.3 is 0 Å². The third-order valence-electron chi connectivity index (χ3n) is 1.47. The molecule has 0 aliphatic heterocycles. The third kappa shape index (κ3) is 2.81. The van der Waals surface area contributed by atoms with E-state index in [-0.39, 0.29) is 5.91 Å². The molecule has 4 nitrogen and oxygen atoms in total. The zero-order valence-electron chi connectivity index (χ0n) is 7.33. The fraction of sp³-hybridized carbons (Fsp3) is 0.125. The van der Waals surface area contributed by atoms with E-state index in [0.29, 0.717) is 10.7 Å². The highest BCUT2D eigenvalue weighted by Crippen LogP contribution is 2.23. The van der Waals surface area contributed by atoms with Crippen LogP contribution >= 0.6 is 34.2 Å². The Morgan fingerprint density at radius 1 is 1.57 bits per heavy atom. The second-order valence-electron chi connectivity index (χ2n) is 2.55. The highest BCUT2D eigenvalue weighted by Gasteiger charge is 2.12. The van der Waals surface area contributed by atoms with Crippen LogP contribution in [0.3, 0.4) is 0 Å². The molecule has 0 aliphatic rings. The molecule has 6 heteroatoms. The maximum atomic E-state index is 11.1. The van der Waals surface area contributed by atoms with Crippen LogP contribution in [0.25, 0.3) is 0 Å². The Morgan fingerprint density at radius 3 is 2.64 bits per heavy atom. The molecule has 2 N–H and O–H groups in total. The van der Waals surface area contributed by atoms with Crippen molar-refractivity contribution in [3.8, 4) is 0 Å². The van der Waals surface area contributed by atoms with Crippen molar-refractivity contribution >= 4 is 45.8 Å². The van der Waals surface area contributed by atoms with Crippen molar-refractivity contribution in [1.29, 1.82) is 0 Å². The largest absolute Gasteiger partial charge is 0.272 e. The zero-order chi connectivity index (χ0) is 10.7. The van der Waals surface area contributed by atoms with Gasteiger partial charge in [0, 0.05) is 15.5 Å². The number of hydroxylamine groups is 1. The predicted molar refractivity (Wildman–Crippen MR) is 62.6 cm³/mol. The van der Waals surface area contributed by atoms with E-state index in [1.54, 1.807) is 18.2 Å². The number of hydrogen-bond acceptors (Lipinski definition) is 3. The summed E-state index contributed by atoms with van der Waals surface area (Å²) in [6.07, 6.45) is 0. The summed E-state index contributed by atoms with van der Waals surface area (Å²) in [5.41, 5.74) is 0.511. The minimum Gasteiger partial charge on any atom is -0.272 e. The lowest BCUT2D eigenvalue weighted by Gasteiger charge is -2.16. The summed E-state index contributed by atoms with van der Waals surface area (Å²) in [5, 5.41) is 1.49. The van der Waals surface area contributed by atoms with Gasteiger partial charge >= 0.3 is 0 Å². The van der Waals surface area contributed by atoms with Gasteiger partial charge in [0.05, 0.1) is 5.69 Å². The average Bonchev–Trinajstić information content (AvgIpc) is 2.02. The van der Waals surface area contributed by atoms with Crippen molar-refractivity contribution in [3.05, 3.63) is 26.8 Å². The molecule has 0 atom stereocenters. The summed E-state index contributed by atoms with van der Waals surface area (Å²) < 4.78 is 0.897. The minimum absolute atomic E-state index is 0.314. The summed E-state index contributed by atoms with van der Waals surface area (Å²) >= 11 is 7.90. The molecule has 14 heavy (non-hydrogen) atoms. The second kappa shape index (κ2) is 4.92. The van der Waals surface area contributed by atoms with Crippen LogP contribution < -0.4 is 11.0 Å². The van der Waals surface area contributed by atoms with Crippen LogP contribution in [0.15, 0.2) is 18.2 Å². The molecule has 0 aromatic heterocycles. The minimum atomic E-state index is -0.314. The number of nitrogens with zero attached hydrogens (tertiary/aromatic N) is 1. The van der Waals surface area contributed by atoms with Crippen molar-refractivity contribution < 1.29 is 9.73 Å². The van der Waals surface area contributed by atoms with Gasteiger partial charge in [-0.05, 0) is 40.8 Å². The van der Waals surface area contributed by atoms with Crippen LogP contribution in [0, 0.1) is 3.57 Å². The lowest BCUT2D eigenvalue weighted by molar-refractivity contribution is -0.124. The van der Waals surface area contributed by atoms with Crippen molar-refractivity contribution in [2.24, 2.45) is 5.90 Å². The molecule has 1 aromatic rings. The number of anilines is 1. The van der Waals surface area contributed by atoms with Crippen LogP contribution in [-0.4, -0.2) is 5.91 Å². The number of amides is 1. The highest BCUT2D eigenvalue weighted by molar-refractivity contribution is 14.1. The van der Waals surface area contributed by atoms with Gasteiger partial charge in [0.25, 0.3) is 0 Å². The number of hydrogen-bond donors (Lipinski definition) is 1. The molecule has 0 saturated heterocycles. The maximum absolute atomic E-state index is 11.1. The zero-order valence-corrected chi connectivity index (χ0v) is 10.2. The smallest absolute Gasteiger partial charge is 0.249 e. The Kier molecular flexibility index (Phi) is 4.11. The van der Waals surface area contributed by atoms with Gasteiger partial charge in [-0.15, -0.1) is 0 Å². The second-order valence-corrected chi connectivity index (χ2v) is 4.23. The number of benzene rings is 1. The number of carbonyl (C=O) groups is 1. The Bertz CT molecular complexity index is 339. The van der Waals surface area contributed by atoms with Crippen LogP contribution in [0.5, 0.6) is 0 Å². The SMILES string of the molecule is CC(=O)N(ON)c1cc(Cl)cc(I)c1. The van der Waals surface area contributed by atoms with Gasteiger partial charge in [0.1, 0.15) is 0 Å². The Labute approximate surface area is 100 Å². The van der Waals surface area contributed by atoms with Crippen LogP contribution in [-0.2, 0) is 9.73 Å². The molecule has 0 unspecified atom stereocenters. The molecule has 1 aromatic carbocycles. The van der Waals surface area contributed by atoms with Gasteiger partial charge in [-0.25, -0.2) is 0 Å². The molecule has 76 valence electrons. The first-order valence-electron chi connectivity index (χ1n) is 3.68. The lowest BCUT2D eigenvalue weighted by atomic mass is 10.3. The number of rotatable bonds is 2. The van der Waals surface area contributed by atoms with Crippen LogP contribution in [0.1, 0.15) is 6.92 Å². The molecular formula is C8H8ClIN2O2. The molecule has 0 spiro atoms. The van der Waals surface area contributed by atoms with Gasteiger partial charge in [-0.2, -0.15) is 15.9 Å². The molecule has 0 aliphatic carbocycles. The molecular weight excluding hydrogens is 318 g/mol. The average molecular weight is 327 g/mol. The molecule has 0 bridgehead atoms. The van der Waals surface area contributed by atoms with Gasteiger partial charge in [-0.3, -0.25) is 4.79 Å². The first-order chi connectivity index (χ1) is 6.54. The molecule has 1 amide bonds. The molecule has 0 fully saturated rings. The number of halogens is 2. The van der Waals surface area contributed by atoms with E-state index in [1.807, 2.05) is 0 Å². The quantitative estimate of drug-likeness (QED) is 0.669. The van der Waals surface area contributed by atoms with Gasteiger partial charge in [-0.1, -0.05) is 11.6 Å². The summed E-state index contributed by atoms with van der Waals surface area (Å²) in [5.74, 6) is 4.65. The standard InChI is InChI=1S/C8H8ClIN2O2/c1-5(13)12(14-11)8-3-6(9)2-7(10)4-8/h2-4H,11H2,1H3. The third-order valence-corrected chi connectivity index (χ3v) is 2.31. The summed E-state index contributed by atoms with van der Waals surface area (Å²) in [4.78, 5) is 15.5. The van der Waals surface area contributed by atoms with E-state index >= 15 is 0 Å². The molecule has 0 saturated carbocycles. The van der Waals surface area contributed by atoms with Gasteiger partial charge in [0.2, 0.25) is 5.91 Å². The Morgan fingerprint density at radius 2 is 2.21 bits per heavy atom. The first kappa shape index (κ1) is 11.7. The first-order valence-corrected chi connectivity index (χ1v) is 5.14. The van der Waals surface area contributed by atoms with E-state index in [9.17, 15) is 4.79 Å². The van der Waals surface area contributed by atoms with Crippen LogP contribution in [0.4, 0.5) is 5.69 Å². The van der Waals surface area contributed by atoms with E-state index in [4.69, 9.17) is 17.5 Å². The summed E-state index contributed by atoms with van der Waals surface area (Å²) in [6.45, 7) is 1.35. The molecule has 1 rings (SSSR count). The fourth-order valence-electron chi connectivity index (χ4n) is 0.973. The lowest BCUT2D eigenvalue weighted by Crippen LogP contribution is -2.31.